The first-order valence-electron chi connectivity index (χ1n) is 5.90. The van der Waals surface area contributed by atoms with Gasteiger partial charge < -0.3 is 15.8 Å². The number of nitrogen functional groups attached to an aromatic ring is 1. The van der Waals surface area contributed by atoms with Crippen molar-refractivity contribution >= 4 is 17.4 Å². The van der Waals surface area contributed by atoms with Crippen LogP contribution in [0.25, 0.3) is 0 Å². The highest BCUT2D eigenvalue weighted by Crippen LogP contribution is 2.28. The maximum Gasteiger partial charge on any atom is 0.323 e. The third-order valence-corrected chi connectivity index (χ3v) is 2.84. The van der Waals surface area contributed by atoms with Crippen LogP contribution in [0.15, 0.2) is 30.5 Å². The lowest BCUT2D eigenvalue weighted by atomic mass is 10.0. The summed E-state index contributed by atoms with van der Waals surface area (Å²) in [4.78, 5) is 19.2. The van der Waals surface area contributed by atoms with E-state index in [-0.39, 0.29) is 11.9 Å². The van der Waals surface area contributed by atoms with Crippen molar-refractivity contribution in [3.8, 4) is 11.8 Å². The van der Waals surface area contributed by atoms with Crippen LogP contribution in [0.2, 0.25) is 0 Å². The second-order valence-electron chi connectivity index (χ2n) is 4.23. The first-order valence-corrected chi connectivity index (χ1v) is 5.90. The number of nitrogens with one attached hydrogen (secondary N) is 1. The van der Waals surface area contributed by atoms with Crippen molar-refractivity contribution in [1.29, 1.82) is 0 Å². The van der Waals surface area contributed by atoms with Gasteiger partial charge in [-0.3, -0.25) is 4.79 Å². The van der Waals surface area contributed by atoms with Crippen molar-refractivity contribution in [2.75, 3.05) is 11.1 Å². The van der Waals surface area contributed by atoms with Crippen LogP contribution in [0.4, 0.5) is 11.5 Å². The summed E-state index contributed by atoms with van der Waals surface area (Å²) in [6.07, 6.45) is 2.73. The van der Waals surface area contributed by atoms with Gasteiger partial charge in [0, 0.05) is 18.3 Å². The molecule has 1 amide bonds. The van der Waals surface area contributed by atoms with Gasteiger partial charge in [0.2, 0.25) is 5.91 Å². The SMILES string of the molecule is Nc1ccnc(Oc2ccc3c(c2)CCC(=O)N3)n1. The third-order valence-electron chi connectivity index (χ3n) is 2.84. The Morgan fingerprint density at radius 1 is 1.26 bits per heavy atom. The molecule has 6 nitrogen and oxygen atoms in total. The fourth-order valence-electron chi connectivity index (χ4n) is 1.93. The summed E-state index contributed by atoms with van der Waals surface area (Å²) in [5.74, 6) is 1.02. The molecule has 0 bridgehead atoms. The number of ether oxygens (including phenoxy) is 1. The number of benzene rings is 1. The molecule has 19 heavy (non-hydrogen) atoms. The number of hydrogen-bond donors (Lipinski definition) is 2. The highest BCUT2D eigenvalue weighted by Gasteiger charge is 2.15. The number of aryl methyl sites for hydroxylation is 1. The quantitative estimate of drug-likeness (QED) is 0.854. The highest BCUT2D eigenvalue weighted by atomic mass is 16.5. The molecule has 2 heterocycles. The highest BCUT2D eigenvalue weighted by molar-refractivity contribution is 5.94. The maximum absolute atomic E-state index is 11.3. The Hall–Kier alpha value is -2.63. The molecule has 1 aliphatic heterocycles. The molecule has 0 aliphatic carbocycles. The molecule has 6 heteroatoms. The van der Waals surface area contributed by atoms with Crippen LogP contribution in [0.1, 0.15) is 12.0 Å². The summed E-state index contributed by atoms with van der Waals surface area (Å²) >= 11 is 0. The van der Waals surface area contributed by atoms with Gasteiger partial charge in [0.15, 0.2) is 0 Å². The zero-order valence-corrected chi connectivity index (χ0v) is 10.1. The van der Waals surface area contributed by atoms with E-state index in [9.17, 15) is 4.79 Å². The first-order chi connectivity index (χ1) is 9.20. The van der Waals surface area contributed by atoms with Crippen LogP contribution < -0.4 is 15.8 Å². The Balaban J connectivity index is 1.85. The number of fused-ring (bicyclic) bond motifs is 1. The Bertz CT molecular complexity index is 642. The van der Waals surface area contributed by atoms with Crippen molar-refractivity contribution in [2.45, 2.75) is 12.8 Å². The molecule has 96 valence electrons. The molecule has 0 unspecified atom stereocenters. The predicted octanol–water partition coefficient (Wildman–Crippen LogP) is 1.74. The molecular weight excluding hydrogens is 244 g/mol. The fraction of sp³-hybridized carbons (Fsp3) is 0.154. The van der Waals surface area contributed by atoms with Crippen molar-refractivity contribution in [3.05, 3.63) is 36.0 Å². The smallest absolute Gasteiger partial charge is 0.323 e. The van der Waals surface area contributed by atoms with Crippen LogP contribution >= 0.6 is 0 Å². The second kappa shape index (κ2) is 4.56. The Morgan fingerprint density at radius 2 is 2.16 bits per heavy atom. The molecule has 0 saturated heterocycles. The van der Waals surface area contributed by atoms with E-state index in [2.05, 4.69) is 15.3 Å². The van der Waals surface area contributed by atoms with Gasteiger partial charge >= 0.3 is 6.01 Å². The van der Waals surface area contributed by atoms with Crippen molar-refractivity contribution in [1.82, 2.24) is 9.97 Å². The zero-order chi connectivity index (χ0) is 13.2. The monoisotopic (exact) mass is 256 g/mol. The summed E-state index contributed by atoms with van der Waals surface area (Å²) in [5.41, 5.74) is 7.43. The lowest BCUT2D eigenvalue weighted by Crippen LogP contribution is -2.18. The van der Waals surface area contributed by atoms with Crippen LogP contribution in [0, 0.1) is 0 Å². The van der Waals surface area contributed by atoms with Gasteiger partial charge in [-0.1, -0.05) is 0 Å². The number of aromatic nitrogens is 2. The van der Waals surface area contributed by atoms with Crippen LogP contribution in [0.3, 0.4) is 0 Å². The second-order valence-corrected chi connectivity index (χ2v) is 4.23. The lowest BCUT2D eigenvalue weighted by molar-refractivity contribution is -0.116. The summed E-state index contributed by atoms with van der Waals surface area (Å²) in [6.45, 7) is 0. The van der Waals surface area contributed by atoms with Crippen molar-refractivity contribution in [3.63, 3.8) is 0 Å². The number of hydrogen-bond acceptors (Lipinski definition) is 5. The molecule has 0 saturated carbocycles. The van der Waals surface area contributed by atoms with Gasteiger partial charge in [0.1, 0.15) is 11.6 Å². The minimum atomic E-state index is 0.0420. The molecular formula is C13H12N4O2. The first kappa shape index (κ1) is 11.5. The summed E-state index contributed by atoms with van der Waals surface area (Å²) in [5, 5.41) is 2.81. The van der Waals surface area contributed by atoms with E-state index >= 15 is 0 Å². The number of anilines is 2. The number of carbonyl (C=O) groups excluding carboxylic acids is 1. The van der Waals surface area contributed by atoms with E-state index in [1.807, 2.05) is 12.1 Å². The number of nitrogens with zero attached hydrogens (tertiary/aromatic N) is 2. The van der Waals surface area contributed by atoms with E-state index < -0.39 is 0 Å². The summed E-state index contributed by atoms with van der Waals surface area (Å²) in [7, 11) is 0. The molecule has 1 aliphatic rings. The van der Waals surface area contributed by atoms with Gasteiger partial charge in [-0.2, -0.15) is 4.98 Å². The summed E-state index contributed by atoms with van der Waals surface area (Å²) < 4.78 is 5.54. The average Bonchev–Trinajstić information content (AvgIpc) is 2.39. The van der Waals surface area contributed by atoms with Crippen LogP contribution in [-0.4, -0.2) is 15.9 Å². The van der Waals surface area contributed by atoms with Crippen molar-refractivity contribution < 1.29 is 9.53 Å². The van der Waals surface area contributed by atoms with Gasteiger partial charge in [0.25, 0.3) is 0 Å². The van der Waals surface area contributed by atoms with E-state index in [0.717, 1.165) is 11.3 Å². The minimum absolute atomic E-state index is 0.0420. The molecule has 3 N–H and O–H groups in total. The van der Waals surface area contributed by atoms with Gasteiger partial charge in [-0.05, 0) is 36.2 Å². The number of rotatable bonds is 2. The Labute approximate surface area is 109 Å². The Morgan fingerprint density at radius 3 is 3.00 bits per heavy atom. The summed E-state index contributed by atoms with van der Waals surface area (Å²) in [6, 6.07) is 7.25. The topological polar surface area (TPSA) is 90.1 Å². The third kappa shape index (κ3) is 2.47. The number of carbonyl (C=O) groups is 1. The Kier molecular flexibility index (Phi) is 2.75. The number of amides is 1. The molecule has 0 fully saturated rings. The molecule has 2 aromatic rings. The van der Waals surface area contributed by atoms with Crippen molar-refractivity contribution in [2.24, 2.45) is 0 Å². The largest absolute Gasteiger partial charge is 0.424 e. The van der Waals surface area contributed by atoms with E-state index in [1.165, 1.54) is 6.20 Å². The molecule has 0 spiro atoms. The zero-order valence-electron chi connectivity index (χ0n) is 10.1. The van der Waals surface area contributed by atoms with E-state index in [1.54, 1.807) is 12.1 Å². The van der Waals surface area contributed by atoms with Crippen LogP contribution in [-0.2, 0) is 11.2 Å². The van der Waals surface area contributed by atoms with Gasteiger partial charge in [0.05, 0.1) is 0 Å². The van der Waals surface area contributed by atoms with Gasteiger partial charge in [-0.15, -0.1) is 0 Å². The van der Waals surface area contributed by atoms with Crippen LogP contribution in [0.5, 0.6) is 11.8 Å². The fourth-order valence-corrected chi connectivity index (χ4v) is 1.93. The molecule has 1 aromatic heterocycles. The standard InChI is InChI=1S/C13H12N4O2/c14-11-5-6-15-13(17-11)19-9-2-3-10-8(7-9)1-4-12(18)16-10/h2-3,5-7H,1,4H2,(H,16,18)(H2,14,15,17). The normalized spacial score (nSPS) is 13.6. The molecule has 1 aromatic carbocycles. The molecule has 0 radical (unpaired) electrons. The van der Waals surface area contributed by atoms with E-state index in [4.69, 9.17) is 10.5 Å². The van der Waals surface area contributed by atoms with E-state index in [0.29, 0.717) is 24.4 Å². The number of nitrogens with two attached hydrogens (primary N) is 1. The predicted molar refractivity (Wildman–Crippen MR) is 69.9 cm³/mol. The average molecular weight is 256 g/mol. The maximum atomic E-state index is 11.3. The molecule has 0 atom stereocenters. The van der Waals surface area contributed by atoms with Gasteiger partial charge in [-0.25, -0.2) is 4.98 Å². The minimum Gasteiger partial charge on any atom is -0.424 e. The molecule has 3 rings (SSSR count). The lowest BCUT2D eigenvalue weighted by Gasteiger charge is -2.17.